The van der Waals surface area contributed by atoms with Crippen LogP contribution in [0, 0.1) is 12.3 Å². The highest BCUT2D eigenvalue weighted by Gasteiger charge is 2.36. The molecule has 1 aromatic carbocycles. The fourth-order valence-electron chi connectivity index (χ4n) is 3.23. The normalized spacial score (nSPS) is 12.4. The van der Waals surface area contributed by atoms with Gasteiger partial charge in [-0.2, -0.15) is 0 Å². The van der Waals surface area contributed by atoms with Crippen molar-refractivity contribution in [2.45, 2.75) is 64.6 Å². The van der Waals surface area contributed by atoms with Gasteiger partial charge in [0.05, 0.1) is 6.42 Å². The maximum absolute atomic E-state index is 13.6. The molecular weight excluding hydrogens is 448 g/mol. The Bertz CT molecular complexity index is 944. The first-order chi connectivity index (χ1) is 16.4. The van der Waals surface area contributed by atoms with Crippen molar-refractivity contribution in [2.24, 2.45) is 5.73 Å². The summed E-state index contributed by atoms with van der Waals surface area (Å²) in [6.07, 6.45) is 7.16. The van der Waals surface area contributed by atoms with Crippen LogP contribution in [0.2, 0.25) is 0 Å². The van der Waals surface area contributed by atoms with Gasteiger partial charge in [-0.1, -0.05) is 37.5 Å². The van der Waals surface area contributed by atoms with Crippen molar-refractivity contribution < 1.29 is 23.9 Å². The molecule has 4 N–H and O–H groups in total. The van der Waals surface area contributed by atoms with E-state index in [2.05, 4.69) is 23.1 Å². The second-order valence-electron chi connectivity index (χ2n) is 8.96. The first kappa shape index (κ1) is 29.2. The molecule has 0 fully saturated rings. The molecule has 35 heavy (non-hydrogen) atoms. The van der Waals surface area contributed by atoms with Gasteiger partial charge in [0.2, 0.25) is 17.7 Å². The molecule has 0 saturated carbocycles. The van der Waals surface area contributed by atoms with Crippen LogP contribution >= 0.6 is 0 Å². The lowest BCUT2D eigenvalue weighted by Gasteiger charge is -2.33. The Morgan fingerprint density at radius 2 is 1.86 bits per heavy atom. The van der Waals surface area contributed by atoms with Crippen LogP contribution in [0.3, 0.4) is 0 Å². The van der Waals surface area contributed by atoms with E-state index in [1.54, 1.807) is 45.0 Å². The van der Waals surface area contributed by atoms with Crippen LogP contribution in [0.25, 0.3) is 0 Å². The standard InChI is InChI=1S/C26H36N4O5/c1-7-10-15-28-23(32)22(19-13-11-18(9-3)12-14-19)30(16-8-2)24(33)20(17-21(27)31)29-25(34)35-26(4,5)6/h3,8,11-14,20,22H,2,7,10,15-17H2,1,4-6H3,(H2,27,31)(H,28,32)(H,29,34). The Labute approximate surface area is 207 Å². The molecule has 0 heterocycles. The van der Waals surface area contributed by atoms with E-state index in [0.29, 0.717) is 17.7 Å². The number of primary amides is 1. The number of carbonyl (C=O) groups excluding carboxylic acids is 4. The number of alkyl carbamates (subject to hydrolysis) is 1. The molecule has 0 aliphatic rings. The van der Waals surface area contributed by atoms with Crippen molar-refractivity contribution in [3.8, 4) is 12.3 Å². The van der Waals surface area contributed by atoms with Gasteiger partial charge in [0, 0.05) is 18.7 Å². The number of benzene rings is 1. The number of hydrogen-bond donors (Lipinski definition) is 3. The van der Waals surface area contributed by atoms with Gasteiger partial charge in [0.25, 0.3) is 0 Å². The molecule has 4 amide bonds. The van der Waals surface area contributed by atoms with Crippen LogP contribution in [-0.4, -0.2) is 53.4 Å². The molecular formula is C26H36N4O5. The largest absolute Gasteiger partial charge is 0.444 e. The number of terminal acetylenes is 1. The van der Waals surface area contributed by atoms with E-state index in [9.17, 15) is 19.2 Å². The molecule has 0 bridgehead atoms. The van der Waals surface area contributed by atoms with Crippen LogP contribution in [0.4, 0.5) is 4.79 Å². The number of hydrogen-bond acceptors (Lipinski definition) is 5. The molecule has 0 aromatic heterocycles. The Morgan fingerprint density at radius 1 is 1.23 bits per heavy atom. The van der Waals surface area contributed by atoms with Gasteiger partial charge in [-0.3, -0.25) is 14.4 Å². The fourth-order valence-corrected chi connectivity index (χ4v) is 3.23. The summed E-state index contributed by atoms with van der Waals surface area (Å²) in [4.78, 5) is 52.2. The molecule has 0 spiro atoms. The third-order valence-corrected chi connectivity index (χ3v) is 4.79. The zero-order chi connectivity index (χ0) is 26.6. The lowest BCUT2D eigenvalue weighted by molar-refractivity contribution is -0.142. The maximum atomic E-state index is 13.6. The number of ether oxygens (including phenoxy) is 1. The average molecular weight is 485 g/mol. The molecule has 0 saturated heterocycles. The summed E-state index contributed by atoms with van der Waals surface area (Å²) in [6, 6.07) is 4.23. The van der Waals surface area contributed by atoms with Gasteiger partial charge >= 0.3 is 6.09 Å². The van der Waals surface area contributed by atoms with Gasteiger partial charge in [-0.15, -0.1) is 13.0 Å². The monoisotopic (exact) mass is 484 g/mol. The highest BCUT2D eigenvalue weighted by Crippen LogP contribution is 2.24. The molecule has 2 atom stereocenters. The van der Waals surface area contributed by atoms with Gasteiger partial charge in [-0.25, -0.2) is 4.79 Å². The summed E-state index contributed by atoms with van der Waals surface area (Å²) in [5.74, 6) is 0.598. The molecule has 1 rings (SSSR count). The van der Waals surface area contributed by atoms with Crippen LogP contribution < -0.4 is 16.4 Å². The summed E-state index contributed by atoms with van der Waals surface area (Å²) in [5.41, 5.74) is 5.63. The molecule has 9 heteroatoms. The van der Waals surface area contributed by atoms with Crippen molar-refractivity contribution in [1.82, 2.24) is 15.5 Å². The minimum atomic E-state index is -1.35. The number of nitrogens with two attached hydrogens (primary N) is 1. The number of carbonyl (C=O) groups is 4. The lowest BCUT2D eigenvalue weighted by Crippen LogP contribution is -2.54. The summed E-state index contributed by atoms with van der Waals surface area (Å²) < 4.78 is 5.23. The van der Waals surface area contributed by atoms with Crippen molar-refractivity contribution in [2.75, 3.05) is 13.1 Å². The topological polar surface area (TPSA) is 131 Å². The van der Waals surface area contributed by atoms with Gasteiger partial charge in [0.1, 0.15) is 17.7 Å². The Kier molecular flexibility index (Phi) is 11.5. The number of unbranched alkanes of at least 4 members (excludes halogenated alkanes) is 1. The third-order valence-electron chi connectivity index (χ3n) is 4.79. The zero-order valence-corrected chi connectivity index (χ0v) is 20.9. The number of nitrogens with one attached hydrogen (secondary N) is 2. The van der Waals surface area contributed by atoms with E-state index in [4.69, 9.17) is 16.9 Å². The van der Waals surface area contributed by atoms with E-state index in [1.807, 2.05) is 6.92 Å². The van der Waals surface area contributed by atoms with Crippen LogP contribution in [-0.2, 0) is 19.1 Å². The van der Waals surface area contributed by atoms with E-state index < -0.39 is 47.9 Å². The summed E-state index contributed by atoms with van der Waals surface area (Å²) in [5, 5.41) is 5.26. The van der Waals surface area contributed by atoms with Gasteiger partial charge in [0.15, 0.2) is 0 Å². The van der Waals surface area contributed by atoms with E-state index >= 15 is 0 Å². The minimum absolute atomic E-state index is 0.0349. The number of amides is 4. The Balaban J connectivity index is 3.41. The molecule has 190 valence electrons. The first-order valence-corrected chi connectivity index (χ1v) is 11.5. The van der Waals surface area contributed by atoms with E-state index in [0.717, 1.165) is 12.8 Å². The highest BCUT2D eigenvalue weighted by molar-refractivity contribution is 5.94. The fraction of sp³-hybridized carbons (Fsp3) is 0.462. The minimum Gasteiger partial charge on any atom is -0.444 e. The van der Waals surface area contributed by atoms with Crippen molar-refractivity contribution in [3.63, 3.8) is 0 Å². The molecule has 0 aliphatic carbocycles. The SMILES string of the molecule is C#Cc1ccc(C(C(=O)NCCCC)N(CC=C)C(=O)C(CC(N)=O)NC(=O)OC(C)(C)C)cc1. The third kappa shape index (κ3) is 9.92. The summed E-state index contributed by atoms with van der Waals surface area (Å²) in [7, 11) is 0. The maximum Gasteiger partial charge on any atom is 0.408 e. The molecule has 1 aromatic rings. The Morgan fingerprint density at radius 3 is 2.34 bits per heavy atom. The quantitative estimate of drug-likeness (QED) is 0.238. The van der Waals surface area contributed by atoms with E-state index in [-0.39, 0.29) is 6.54 Å². The van der Waals surface area contributed by atoms with E-state index in [1.165, 1.54) is 11.0 Å². The zero-order valence-electron chi connectivity index (χ0n) is 20.9. The van der Waals surface area contributed by atoms with Crippen molar-refractivity contribution in [1.29, 1.82) is 0 Å². The highest BCUT2D eigenvalue weighted by atomic mass is 16.6. The second-order valence-corrected chi connectivity index (χ2v) is 8.96. The van der Waals surface area contributed by atoms with Crippen molar-refractivity contribution >= 4 is 23.8 Å². The van der Waals surface area contributed by atoms with Crippen LogP contribution in [0.15, 0.2) is 36.9 Å². The number of nitrogens with zero attached hydrogens (tertiary/aromatic N) is 1. The molecule has 2 unspecified atom stereocenters. The summed E-state index contributed by atoms with van der Waals surface area (Å²) in [6.45, 7) is 11.1. The number of rotatable bonds is 12. The average Bonchev–Trinajstić information content (AvgIpc) is 2.77. The predicted octanol–water partition coefficient (Wildman–Crippen LogP) is 2.41. The smallest absolute Gasteiger partial charge is 0.408 e. The van der Waals surface area contributed by atoms with Crippen LogP contribution in [0.5, 0.6) is 0 Å². The molecule has 9 nitrogen and oxygen atoms in total. The molecule has 0 aliphatic heterocycles. The first-order valence-electron chi connectivity index (χ1n) is 11.5. The van der Waals surface area contributed by atoms with Crippen molar-refractivity contribution in [3.05, 3.63) is 48.0 Å². The second kappa shape index (κ2) is 13.8. The predicted molar refractivity (Wildman–Crippen MR) is 134 cm³/mol. The molecule has 0 radical (unpaired) electrons. The lowest BCUT2D eigenvalue weighted by atomic mass is 10.0. The van der Waals surface area contributed by atoms with Crippen LogP contribution in [0.1, 0.15) is 64.1 Å². The Hall–Kier alpha value is -3.80. The van der Waals surface area contributed by atoms with Gasteiger partial charge < -0.3 is 26.0 Å². The van der Waals surface area contributed by atoms with Gasteiger partial charge in [-0.05, 0) is 44.9 Å². The summed E-state index contributed by atoms with van der Waals surface area (Å²) >= 11 is 0.